The zero-order valence-corrected chi connectivity index (χ0v) is 14.0. The molecule has 4 nitrogen and oxygen atoms in total. The monoisotopic (exact) mass is 308 g/mol. The number of benzene rings is 1. The van der Waals surface area contributed by atoms with Crippen molar-refractivity contribution in [2.45, 2.75) is 58.7 Å². The minimum atomic E-state index is -1.35. The van der Waals surface area contributed by atoms with Crippen LogP contribution in [-0.2, 0) is 14.3 Å². The van der Waals surface area contributed by atoms with Crippen molar-refractivity contribution in [3.8, 4) is 5.75 Å². The highest BCUT2D eigenvalue weighted by atomic mass is 16.7. The maximum atomic E-state index is 12.6. The Morgan fingerprint density at radius 3 is 2.32 bits per heavy atom. The molecule has 0 fully saturated rings. The van der Waals surface area contributed by atoms with E-state index in [4.69, 9.17) is 14.2 Å². The van der Waals surface area contributed by atoms with E-state index in [9.17, 15) is 4.79 Å². The van der Waals surface area contributed by atoms with Crippen molar-refractivity contribution < 1.29 is 19.0 Å². The summed E-state index contributed by atoms with van der Waals surface area (Å²) in [5, 5.41) is 0. The van der Waals surface area contributed by atoms with Gasteiger partial charge in [-0.25, -0.2) is 4.79 Å². The maximum Gasteiger partial charge on any atom is 0.379 e. The first-order valence-corrected chi connectivity index (χ1v) is 8.23. The van der Waals surface area contributed by atoms with Gasteiger partial charge in [0.05, 0.1) is 6.61 Å². The molecule has 124 valence electrons. The van der Waals surface area contributed by atoms with Gasteiger partial charge in [0, 0.05) is 13.0 Å². The highest BCUT2D eigenvalue weighted by molar-refractivity contribution is 5.78. The standard InChI is InChI=1S/C18H28O4/c1-4-7-14-18(21-6-3,17(19)20-15-8-5-2)22-16-12-10-9-11-13-16/h9-13H,4-8,14-15H2,1-3H3. The van der Waals surface area contributed by atoms with Gasteiger partial charge in [0.15, 0.2) is 0 Å². The zero-order valence-electron chi connectivity index (χ0n) is 14.0. The fourth-order valence-corrected chi connectivity index (χ4v) is 2.10. The lowest BCUT2D eigenvalue weighted by Crippen LogP contribution is -2.48. The molecule has 0 amide bonds. The van der Waals surface area contributed by atoms with Crippen molar-refractivity contribution >= 4 is 5.97 Å². The van der Waals surface area contributed by atoms with Gasteiger partial charge >= 0.3 is 11.8 Å². The van der Waals surface area contributed by atoms with Crippen LogP contribution in [0.1, 0.15) is 52.9 Å². The summed E-state index contributed by atoms with van der Waals surface area (Å²) in [6.07, 6.45) is 4.08. The van der Waals surface area contributed by atoms with Gasteiger partial charge in [0.25, 0.3) is 0 Å². The predicted molar refractivity (Wildman–Crippen MR) is 86.8 cm³/mol. The summed E-state index contributed by atoms with van der Waals surface area (Å²) in [4.78, 5) is 12.6. The second kappa shape index (κ2) is 10.2. The van der Waals surface area contributed by atoms with Crippen LogP contribution in [0.2, 0.25) is 0 Å². The lowest BCUT2D eigenvalue weighted by atomic mass is 10.1. The van der Waals surface area contributed by atoms with Crippen LogP contribution in [0, 0.1) is 0 Å². The molecule has 22 heavy (non-hydrogen) atoms. The molecule has 0 saturated carbocycles. The Hall–Kier alpha value is -1.55. The van der Waals surface area contributed by atoms with Crippen molar-refractivity contribution in [1.82, 2.24) is 0 Å². The molecular formula is C18H28O4. The third-order valence-corrected chi connectivity index (χ3v) is 3.30. The van der Waals surface area contributed by atoms with Crippen LogP contribution in [-0.4, -0.2) is 25.0 Å². The molecule has 0 heterocycles. The Morgan fingerprint density at radius 1 is 1.05 bits per heavy atom. The van der Waals surface area contributed by atoms with Crippen LogP contribution in [0.25, 0.3) is 0 Å². The highest BCUT2D eigenvalue weighted by Gasteiger charge is 2.43. The summed E-state index contributed by atoms with van der Waals surface area (Å²) in [7, 11) is 0. The van der Waals surface area contributed by atoms with Crippen molar-refractivity contribution in [3.63, 3.8) is 0 Å². The molecule has 0 aliphatic rings. The van der Waals surface area contributed by atoms with Gasteiger partial charge in [-0.15, -0.1) is 0 Å². The second-order valence-corrected chi connectivity index (χ2v) is 5.19. The van der Waals surface area contributed by atoms with Gasteiger partial charge < -0.3 is 14.2 Å². The SMILES string of the molecule is CCCCOC(=O)C(CCCC)(OCC)Oc1ccccc1. The second-order valence-electron chi connectivity index (χ2n) is 5.19. The maximum absolute atomic E-state index is 12.6. The van der Waals surface area contributed by atoms with E-state index in [0.29, 0.717) is 25.4 Å². The Labute approximate surface area is 133 Å². The molecule has 0 bridgehead atoms. The van der Waals surface area contributed by atoms with Crippen LogP contribution in [0.15, 0.2) is 30.3 Å². The smallest absolute Gasteiger partial charge is 0.379 e. The number of unbranched alkanes of at least 4 members (excludes halogenated alkanes) is 2. The number of rotatable bonds is 11. The average Bonchev–Trinajstić information content (AvgIpc) is 2.54. The predicted octanol–water partition coefficient (Wildman–Crippen LogP) is 4.33. The molecule has 1 rings (SSSR count). The van der Waals surface area contributed by atoms with Crippen LogP contribution >= 0.6 is 0 Å². The molecule has 1 aromatic rings. The molecule has 0 aliphatic heterocycles. The van der Waals surface area contributed by atoms with Gasteiger partial charge in [-0.3, -0.25) is 0 Å². The summed E-state index contributed by atoms with van der Waals surface area (Å²) in [6.45, 7) is 6.77. The molecule has 0 radical (unpaired) electrons. The van der Waals surface area contributed by atoms with E-state index < -0.39 is 11.8 Å². The number of carbonyl (C=O) groups excluding carboxylic acids is 1. The molecular weight excluding hydrogens is 280 g/mol. The molecule has 0 spiro atoms. The molecule has 1 unspecified atom stereocenters. The number of para-hydroxylation sites is 1. The first-order valence-electron chi connectivity index (χ1n) is 8.23. The first kappa shape index (κ1) is 18.5. The summed E-state index contributed by atoms with van der Waals surface area (Å²) in [6, 6.07) is 9.28. The van der Waals surface area contributed by atoms with Gasteiger partial charge in [-0.1, -0.05) is 44.9 Å². The largest absolute Gasteiger partial charge is 0.461 e. The lowest BCUT2D eigenvalue weighted by molar-refractivity contribution is -0.219. The molecule has 0 aromatic heterocycles. The van der Waals surface area contributed by atoms with E-state index in [0.717, 1.165) is 25.7 Å². The number of carbonyl (C=O) groups is 1. The van der Waals surface area contributed by atoms with E-state index in [-0.39, 0.29) is 0 Å². The normalized spacial score (nSPS) is 13.4. The highest BCUT2D eigenvalue weighted by Crippen LogP contribution is 2.26. The fourth-order valence-electron chi connectivity index (χ4n) is 2.10. The Balaban J connectivity index is 2.91. The molecule has 0 N–H and O–H groups in total. The molecule has 0 aliphatic carbocycles. The first-order chi connectivity index (χ1) is 10.7. The van der Waals surface area contributed by atoms with Gasteiger partial charge in [0.1, 0.15) is 5.75 Å². The average molecular weight is 308 g/mol. The minimum absolute atomic E-state index is 0.388. The minimum Gasteiger partial charge on any atom is -0.461 e. The van der Waals surface area contributed by atoms with Crippen LogP contribution in [0.4, 0.5) is 0 Å². The topological polar surface area (TPSA) is 44.8 Å². The number of esters is 1. The van der Waals surface area contributed by atoms with E-state index in [1.165, 1.54) is 0 Å². The Kier molecular flexibility index (Phi) is 8.60. The molecule has 4 heteroatoms. The summed E-state index contributed by atoms with van der Waals surface area (Å²) < 4.78 is 17.1. The summed E-state index contributed by atoms with van der Waals surface area (Å²) in [5.41, 5.74) is 0. The van der Waals surface area contributed by atoms with E-state index in [1.54, 1.807) is 0 Å². The molecule has 0 saturated heterocycles. The van der Waals surface area contributed by atoms with Crippen LogP contribution < -0.4 is 4.74 Å². The van der Waals surface area contributed by atoms with Crippen molar-refractivity contribution in [2.24, 2.45) is 0 Å². The van der Waals surface area contributed by atoms with Crippen LogP contribution in [0.5, 0.6) is 5.75 Å². The van der Waals surface area contributed by atoms with E-state index >= 15 is 0 Å². The summed E-state index contributed by atoms with van der Waals surface area (Å²) in [5.74, 6) is -1.17. The van der Waals surface area contributed by atoms with E-state index in [1.807, 2.05) is 37.3 Å². The molecule has 1 atom stereocenters. The quantitative estimate of drug-likeness (QED) is 0.347. The van der Waals surface area contributed by atoms with Crippen molar-refractivity contribution in [3.05, 3.63) is 30.3 Å². The van der Waals surface area contributed by atoms with Gasteiger partial charge in [-0.2, -0.15) is 0 Å². The summed E-state index contributed by atoms with van der Waals surface area (Å²) >= 11 is 0. The lowest BCUT2D eigenvalue weighted by Gasteiger charge is -2.31. The van der Waals surface area contributed by atoms with Crippen molar-refractivity contribution in [1.29, 1.82) is 0 Å². The van der Waals surface area contributed by atoms with Crippen molar-refractivity contribution in [2.75, 3.05) is 13.2 Å². The zero-order chi connectivity index (χ0) is 16.3. The van der Waals surface area contributed by atoms with Gasteiger partial charge in [-0.05, 0) is 31.9 Å². The molecule has 1 aromatic carbocycles. The number of hydrogen-bond donors (Lipinski definition) is 0. The number of hydrogen-bond acceptors (Lipinski definition) is 4. The van der Waals surface area contributed by atoms with E-state index in [2.05, 4.69) is 13.8 Å². The third-order valence-electron chi connectivity index (χ3n) is 3.30. The number of ether oxygens (including phenoxy) is 3. The Bertz CT molecular complexity index is 418. The van der Waals surface area contributed by atoms with Crippen LogP contribution in [0.3, 0.4) is 0 Å². The third kappa shape index (κ3) is 5.68. The van der Waals surface area contributed by atoms with Gasteiger partial charge in [0.2, 0.25) is 0 Å². The Morgan fingerprint density at radius 2 is 1.73 bits per heavy atom. The fraction of sp³-hybridized carbons (Fsp3) is 0.611.